The highest BCUT2D eigenvalue weighted by atomic mass is 16.5. The summed E-state index contributed by atoms with van der Waals surface area (Å²) in [6.45, 7) is 4.28. The average molecular weight is 379 g/mol. The molecular weight excluding hydrogens is 344 g/mol. The zero-order valence-electron chi connectivity index (χ0n) is 17.4. The number of benzene rings is 2. The molecule has 2 nitrogen and oxygen atoms in total. The van der Waals surface area contributed by atoms with Crippen LogP contribution < -0.4 is 4.74 Å². The molecule has 2 aromatic rings. The summed E-state index contributed by atoms with van der Waals surface area (Å²) in [4.78, 5) is 0. The molecule has 0 unspecified atom stereocenters. The molecule has 0 heterocycles. The van der Waals surface area contributed by atoms with Gasteiger partial charge in [0.1, 0.15) is 17.1 Å². The molecule has 4 bridgehead atoms. The summed E-state index contributed by atoms with van der Waals surface area (Å²) in [5.74, 6) is 4.34. The van der Waals surface area contributed by atoms with Crippen LogP contribution in [-0.4, -0.2) is 10.7 Å². The topological polar surface area (TPSA) is 29.5 Å². The van der Waals surface area contributed by atoms with Crippen molar-refractivity contribution in [2.45, 2.75) is 70.8 Å². The molecule has 0 amide bonds. The molecule has 0 radical (unpaired) electrons. The lowest BCUT2D eigenvalue weighted by Gasteiger charge is -2.56. The fraction of sp³-hybridized carbons (Fsp3) is 0.538. The Morgan fingerprint density at radius 1 is 0.821 bits per heavy atom. The summed E-state index contributed by atoms with van der Waals surface area (Å²) in [7, 11) is 0. The van der Waals surface area contributed by atoms with E-state index in [2.05, 4.69) is 38.1 Å². The van der Waals surface area contributed by atoms with Gasteiger partial charge >= 0.3 is 0 Å². The Morgan fingerprint density at radius 3 is 1.86 bits per heavy atom. The number of hydrogen-bond acceptors (Lipinski definition) is 2. The number of phenolic OH excluding ortho intramolecular Hbond substituents is 1. The fourth-order valence-corrected chi connectivity index (χ4v) is 6.01. The molecule has 4 fully saturated rings. The molecule has 0 aliphatic heterocycles. The lowest BCUT2D eigenvalue weighted by atomic mass is 9.54. The van der Waals surface area contributed by atoms with E-state index in [0.717, 1.165) is 36.3 Å². The van der Waals surface area contributed by atoms with Crippen LogP contribution in [0, 0.1) is 17.8 Å². The maximum atomic E-state index is 8.94. The van der Waals surface area contributed by atoms with Crippen LogP contribution in [0.1, 0.15) is 63.5 Å². The van der Waals surface area contributed by atoms with Crippen molar-refractivity contribution in [1.29, 1.82) is 0 Å². The summed E-state index contributed by atoms with van der Waals surface area (Å²) in [6.07, 6.45) is 10.5. The minimum atomic E-state index is 0.196. The minimum absolute atomic E-state index is 0.196. The van der Waals surface area contributed by atoms with Gasteiger partial charge in [0.05, 0.1) is 0 Å². The summed E-state index contributed by atoms with van der Waals surface area (Å²) in [5, 5.41) is 8.94. The highest BCUT2D eigenvalue weighted by molar-refractivity contribution is 5.29. The van der Waals surface area contributed by atoms with Crippen molar-refractivity contribution in [1.82, 2.24) is 0 Å². The predicted molar refractivity (Wildman–Crippen MR) is 115 cm³/mol. The molecule has 6 rings (SSSR count). The first-order valence-corrected chi connectivity index (χ1v) is 11.1. The second-order valence-corrected chi connectivity index (χ2v) is 9.23. The molecule has 0 saturated heterocycles. The Labute approximate surface area is 169 Å². The first-order valence-electron chi connectivity index (χ1n) is 11.1. The van der Waals surface area contributed by atoms with Crippen LogP contribution in [0.25, 0.3) is 0 Å². The highest BCUT2D eigenvalue weighted by Crippen LogP contribution is 2.57. The van der Waals surface area contributed by atoms with Gasteiger partial charge in [-0.15, -0.1) is 0 Å². The third-order valence-electron chi connectivity index (χ3n) is 6.94. The third kappa shape index (κ3) is 4.37. The van der Waals surface area contributed by atoms with Gasteiger partial charge in [-0.3, -0.25) is 0 Å². The zero-order chi connectivity index (χ0) is 19.6. The van der Waals surface area contributed by atoms with E-state index < -0.39 is 0 Å². The number of phenols is 1. The maximum Gasteiger partial charge on any atom is 0.120 e. The van der Waals surface area contributed by atoms with Crippen molar-refractivity contribution in [3.05, 3.63) is 59.7 Å². The molecule has 2 aromatic carbocycles. The first kappa shape index (κ1) is 19.4. The Bertz CT molecular complexity index is 759. The maximum absolute atomic E-state index is 8.94. The smallest absolute Gasteiger partial charge is 0.120 e. The number of aryl methyl sites for hydroxylation is 2. The minimum Gasteiger partial charge on any atom is -0.508 e. The molecule has 150 valence electrons. The Morgan fingerprint density at radius 2 is 1.36 bits per heavy atom. The van der Waals surface area contributed by atoms with E-state index in [4.69, 9.17) is 9.84 Å². The van der Waals surface area contributed by atoms with Gasteiger partial charge in [-0.25, -0.2) is 0 Å². The molecule has 1 N–H and O–H groups in total. The van der Waals surface area contributed by atoms with E-state index in [0.29, 0.717) is 5.75 Å². The van der Waals surface area contributed by atoms with Crippen molar-refractivity contribution >= 4 is 0 Å². The summed E-state index contributed by atoms with van der Waals surface area (Å²) < 4.78 is 6.56. The SMILES string of the molecule is CCc1cccc(O)c1.CCc1cccc(OC23CC4CC(CC(C4)C2)C3)c1. The fourth-order valence-electron chi connectivity index (χ4n) is 6.01. The van der Waals surface area contributed by atoms with Gasteiger partial charge in [-0.1, -0.05) is 38.1 Å². The van der Waals surface area contributed by atoms with Crippen LogP contribution in [-0.2, 0) is 12.8 Å². The van der Waals surface area contributed by atoms with Gasteiger partial charge in [-0.05, 0) is 105 Å². The van der Waals surface area contributed by atoms with E-state index in [9.17, 15) is 0 Å². The van der Waals surface area contributed by atoms with Crippen molar-refractivity contribution in [3.63, 3.8) is 0 Å². The van der Waals surface area contributed by atoms with Crippen LogP contribution >= 0.6 is 0 Å². The number of ether oxygens (including phenoxy) is 1. The molecule has 0 atom stereocenters. The van der Waals surface area contributed by atoms with E-state index in [1.165, 1.54) is 49.7 Å². The standard InChI is InChI=1S/C18H24O.C8H10O/c1-2-13-4-3-5-17(9-13)19-18-10-14-6-15(11-18)8-16(7-14)12-18;1-2-7-4-3-5-8(9)6-7/h3-5,9,14-16H,2,6-8,10-12H2,1H3;3-6,9H,2H2,1H3. The van der Waals surface area contributed by atoms with E-state index in [1.54, 1.807) is 12.1 Å². The predicted octanol–water partition coefficient (Wildman–Crippen LogP) is 6.55. The first-order chi connectivity index (χ1) is 13.6. The lowest BCUT2D eigenvalue weighted by molar-refractivity contribution is -0.107. The lowest BCUT2D eigenvalue weighted by Crippen LogP contribution is -2.53. The molecule has 4 aliphatic rings. The number of aromatic hydroxyl groups is 1. The van der Waals surface area contributed by atoms with E-state index in [1.807, 2.05) is 12.1 Å². The van der Waals surface area contributed by atoms with Crippen molar-refractivity contribution in [2.24, 2.45) is 17.8 Å². The van der Waals surface area contributed by atoms with Crippen LogP contribution in [0.15, 0.2) is 48.5 Å². The third-order valence-corrected chi connectivity index (χ3v) is 6.94. The van der Waals surface area contributed by atoms with Crippen LogP contribution in [0.2, 0.25) is 0 Å². The van der Waals surface area contributed by atoms with E-state index in [-0.39, 0.29) is 5.60 Å². The summed E-state index contributed by atoms with van der Waals surface area (Å²) in [5.41, 5.74) is 2.76. The van der Waals surface area contributed by atoms with Gasteiger partial charge in [0.2, 0.25) is 0 Å². The molecule has 4 aliphatic carbocycles. The second kappa shape index (κ2) is 8.19. The normalized spacial score (nSPS) is 29.9. The van der Waals surface area contributed by atoms with Gasteiger partial charge < -0.3 is 9.84 Å². The van der Waals surface area contributed by atoms with Crippen molar-refractivity contribution in [3.8, 4) is 11.5 Å². The van der Waals surface area contributed by atoms with Crippen molar-refractivity contribution < 1.29 is 9.84 Å². The van der Waals surface area contributed by atoms with Crippen LogP contribution in [0.4, 0.5) is 0 Å². The molecular formula is C26H34O2. The van der Waals surface area contributed by atoms with Gasteiger partial charge in [-0.2, -0.15) is 0 Å². The van der Waals surface area contributed by atoms with Crippen LogP contribution in [0.5, 0.6) is 11.5 Å². The highest BCUT2D eigenvalue weighted by Gasteiger charge is 2.52. The second-order valence-electron chi connectivity index (χ2n) is 9.23. The van der Waals surface area contributed by atoms with Gasteiger partial charge in [0.15, 0.2) is 0 Å². The zero-order valence-corrected chi connectivity index (χ0v) is 17.4. The average Bonchev–Trinajstić information content (AvgIpc) is 2.67. The Hall–Kier alpha value is -1.96. The monoisotopic (exact) mass is 378 g/mol. The molecule has 2 heteroatoms. The Balaban J connectivity index is 0.000000181. The number of rotatable bonds is 4. The largest absolute Gasteiger partial charge is 0.508 e. The quantitative estimate of drug-likeness (QED) is 0.653. The molecule has 0 aromatic heterocycles. The molecule has 0 spiro atoms. The van der Waals surface area contributed by atoms with E-state index >= 15 is 0 Å². The molecule has 4 saturated carbocycles. The van der Waals surface area contributed by atoms with Gasteiger partial charge in [0.25, 0.3) is 0 Å². The summed E-state index contributed by atoms with van der Waals surface area (Å²) >= 11 is 0. The summed E-state index contributed by atoms with van der Waals surface area (Å²) in [6, 6.07) is 16.1. The Kier molecular flexibility index (Phi) is 5.66. The van der Waals surface area contributed by atoms with Crippen LogP contribution in [0.3, 0.4) is 0 Å². The molecule has 28 heavy (non-hydrogen) atoms. The number of hydrogen-bond donors (Lipinski definition) is 1. The van der Waals surface area contributed by atoms with Gasteiger partial charge in [0, 0.05) is 0 Å². The van der Waals surface area contributed by atoms with Crippen molar-refractivity contribution in [2.75, 3.05) is 0 Å².